The van der Waals surface area contributed by atoms with E-state index in [2.05, 4.69) is 12.6 Å². The third-order valence-corrected chi connectivity index (χ3v) is 2.46. The van der Waals surface area contributed by atoms with Crippen LogP contribution in [0.15, 0.2) is 23.1 Å². The quantitative estimate of drug-likeness (QED) is 0.553. The van der Waals surface area contributed by atoms with Gasteiger partial charge in [-0.3, -0.25) is 4.79 Å². The molecular formula is C11H12O4S. The molecule has 0 bridgehead atoms. The summed E-state index contributed by atoms with van der Waals surface area (Å²) in [6, 6.07) is 4.46. The normalized spacial score (nSPS) is 12.2. The Labute approximate surface area is 98.3 Å². The number of carbonyl (C=O) groups is 2. The average molecular weight is 240 g/mol. The number of carboxylic acid groups (broad SMARTS) is 1. The first-order chi connectivity index (χ1) is 7.47. The lowest BCUT2D eigenvalue weighted by molar-refractivity contribution is -0.146. The van der Waals surface area contributed by atoms with Crippen molar-refractivity contribution in [2.75, 3.05) is 0 Å². The maximum atomic E-state index is 11.5. The van der Waals surface area contributed by atoms with E-state index < -0.39 is 12.1 Å². The van der Waals surface area contributed by atoms with Crippen molar-refractivity contribution in [3.63, 3.8) is 0 Å². The number of Topliss-reactive ketones (excluding diaryl/α,β-unsaturated/α-hetero) is 1. The van der Waals surface area contributed by atoms with Gasteiger partial charge >= 0.3 is 5.97 Å². The number of hydrogen-bond acceptors (Lipinski definition) is 4. The zero-order chi connectivity index (χ0) is 12.3. The lowest BCUT2D eigenvalue weighted by Gasteiger charge is -2.11. The summed E-state index contributed by atoms with van der Waals surface area (Å²) in [5.41, 5.74) is 0.321. The van der Waals surface area contributed by atoms with E-state index in [1.807, 2.05) is 0 Å². The molecule has 0 fully saturated rings. The van der Waals surface area contributed by atoms with Crippen molar-refractivity contribution < 1.29 is 19.8 Å². The SMILES string of the molecule is CCC(=O)c1ccc(S)cc1C(O)C(=O)O. The summed E-state index contributed by atoms with van der Waals surface area (Å²) in [4.78, 5) is 22.7. The highest BCUT2D eigenvalue weighted by Gasteiger charge is 2.22. The van der Waals surface area contributed by atoms with Gasteiger partial charge in [0.2, 0.25) is 0 Å². The van der Waals surface area contributed by atoms with Crippen molar-refractivity contribution in [1.82, 2.24) is 0 Å². The number of benzene rings is 1. The molecule has 0 aliphatic rings. The molecule has 5 heteroatoms. The third kappa shape index (κ3) is 2.62. The van der Waals surface area contributed by atoms with Crippen LogP contribution in [0.1, 0.15) is 35.4 Å². The first kappa shape index (κ1) is 12.7. The van der Waals surface area contributed by atoms with Crippen molar-refractivity contribution in [1.29, 1.82) is 0 Å². The number of hydrogen-bond donors (Lipinski definition) is 3. The minimum Gasteiger partial charge on any atom is -0.479 e. The van der Waals surface area contributed by atoms with Gasteiger partial charge in [-0.05, 0) is 18.2 Å². The predicted octanol–water partition coefficient (Wildman–Crippen LogP) is 1.69. The largest absolute Gasteiger partial charge is 0.479 e. The van der Waals surface area contributed by atoms with E-state index in [-0.39, 0.29) is 23.3 Å². The van der Waals surface area contributed by atoms with Gasteiger partial charge in [0, 0.05) is 22.4 Å². The summed E-state index contributed by atoms with van der Waals surface area (Å²) in [6.45, 7) is 1.67. The Balaban J connectivity index is 3.28. The van der Waals surface area contributed by atoms with Crippen molar-refractivity contribution in [3.8, 4) is 0 Å². The molecule has 2 N–H and O–H groups in total. The summed E-state index contributed by atoms with van der Waals surface area (Å²) < 4.78 is 0. The van der Waals surface area contributed by atoms with Crippen LogP contribution in [-0.4, -0.2) is 22.0 Å². The zero-order valence-electron chi connectivity index (χ0n) is 8.67. The highest BCUT2D eigenvalue weighted by atomic mass is 32.1. The van der Waals surface area contributed by atoms with E-state index in [1.54, 1.807) is 13.0 Å². The van der Waals surface area contributed by atoms with Crippen LogP contribution in [0.25, 0.3) is 0 Å². The topological polar surface area (TPSA) is 74.6 Å². The number of aliphatic carboxylic acids is 1. The van der Waals surface area contributed by atoms with Crippen molar-refractivity contribution >= 4 is 24.4 Å². The fourth-order valence-corrected chi connectivity index (χ4v) is 1.57. The van der Waals surface area contributed by atoms with Crippen molar-refractivity contribution in [2.45, 2.75) is 24.3 Å². The second-order valence-corrected chi connectivity index (χ2v) is 3.81. The Kier molecular flexibility index (Phi) is 4.09. The smallest absolute Gasteiger partial charge is 0.337 e. The average Bonchev–Trinajstić information content (AvgIpc) is 2.26. The molecule has 16 heavy (non-hydrogen) atoms. The number of carbonyl (C=O) groups excluding carboxylic acids is 1. The van der Waals surface area contributed by atoms with Gasteiger partial charge in [-0.1, -0.05) is 6.92 Å². The first-order valence-electron chi connectivity index (χ1n) is 4.74. The lowest BCUT2D eigenvalue weighted by atomic mass is 9.98. The summed E-state index contributed by atoms with van der Waals surface area (Å²) in [7, 11) is 0. The number of aliphatic hydroxyl groups is 1. The van der Waals surface area contributed by atoms with Crippen LogP contribution in [0.3, 0.4) is 0 Å². The molecule has 1 unspecified atom stereocenters. The van der Waals surface area contributed by atoms with Gasteiger partial charge in [-0.25, -0.2) is 4.79 Å². The van der Waals surface area contributed by atoms with Gasteiger partial charge < -0.3 is 10.2 Å². The van der Waals surface area contributed by atoms with Crippen LogP contribution in [0.4, 0.5) is 0 Å². The molecule has 0 radical (unpaired) electrons. The minimum atomic E-state index is -1.70. The Morgan fingerprint density at radius 2 is 2.06 bits per heavy atom. The van der Waals surface area contributed by atoms with E-state index in [0.717, 1.165) is 0 Å². The molecule has 0 aliphatic carbocycles. The highest BCUT2D eigenvalue weighted by molar-refractivity contribution is 7.80. The molecule has 1 atom stereocenters. The second kappa shape index (κ2) is 5.14. The van der Waals surface area contributed by atoms with Crippen LogP contribution < -0.4 is 0 Å². The molecule has 0 heterocycles. The number of ketones is 1. The Morgan fingerprint density at radius 1 is 1.44 bits per heavy atom. The van der Waals surface area contributed by atoms with Gasteiger partial charge in [0.15, 0.2) is 11.9 Å². The third-order valence-electron chi connectivity index (χ3n) is 2.19. The summed E-state index contributed by atoms with van der Waals surface area (Å²) >= 11 is 4.05. The number of rotatable bonds is 4. The molecule has 0 amide bonds. The van der Waals surface area contributed by atoms with E-state index in [9.17, 15) is 14.7 Å². The predicted molar refractivity (Wildman–Crippen MR) is 60.9 cm³/mol. The van der Waals surface area contributed by atoms with Crippen LogP contribution in [0.5, 0.6) is 0 Å². The molecule has 0 saturated heterocycles. The zero-order valence-corrected chi connectivity index (χ0v) is 9.57. The number of aliphatic hydroxyl groups excluding tert-OH is 1. The van der Waals surface area contributed by atoms with Crippen molar-refractivity contribution in [2.24, 2.45) is 0 Å². The maximum Gasteiger partial charge on any atom is 0.337 e. The van der Waals surface area contributed by atoms with E-state index in [1.165, 1.54) is 12.1 Å². The molecule has 86 valence electrons. The molecule has 0 spiro atoms. The number of thiol groups is 1. The fourth-order valence-electron chi connectivity index (χ4n) is 1.35. The van der Waals surface area contributed by atoms with Gasteiger partial charge in [0.05, 0.1) is 0 Å². The summed E-state index contributed by atoms with van der Waals surface area (Å²) in [5, 5.41) is 18.2. The fraction of sp³-hybridized carbons (Fsp3) is 0.273. The van der Waals surface area contributed by atoms with Crippen molar-refractivity contribution in [3.05, 3.63) is 29.3 Å². The van der Waals surface area contributed by atoms with Crippen LogP contribution in [0.2, 0.25) is 0 Å². The monoisotopic (exact) mass is 240 g/mol. The van der Waals surface area contributed by atoms with E-state index >= 15 is 0 Å². The van der Waals surface area contributed by atoms with Crippen LogP contribution in [0, 0.1) is 0 Å². The Hall–Kier alpha value is -1.33. The van der Waals surface area contributed by atoms with Crippen LogP contribution >= 0.6 is 12.6 Å². The van der Waals surface area contributed by atoms with Gasteiger partial charge in [0.25, 0.3) is 0 Å². The molecule has 1 aromatic carbocycles. The van der Waals surface area contributed by atoms with Crippen LogP contribution in [-0.2, 0) is 4.79 Å². The van der Waals surface area contributed by atoms with Gasteiger partial charge in [-0.2, -0.15) is 0 Å². The molecule has 1 aromatic rings. The highest BCUT2D eigenvalue weighted by Crippen LogP contribution is 2.23. The first-order valence-corrected chi connectivity index (χ1v) is 5.19. The molecule has 4 nitrogen and oxygen atoms in total. The molecule has 0 saturated carbocycles. The molecule has 1 rings (SSSR count). The number of carboxylic acids is 1. The van der Waals surface area contributed by atoms with Gasteiger partial charge in [0.1, 0.15) is 0 Å². The molecule has 0 aliphatic heterocycles. The maximum absolute atomic E-state index is 11.5. The lowest BCUT2D eigenvalue weighted by Crippen LogP contribution is -2.15. The summed E-state index contributed by atoms with van der Waals surface area (Å²) in [5.74, 6) is -1.59. The van der Waals surface area contributed by atoms with E-state index in [0.29, 0.717) is 4.90 Å². The van der Waals surface area contributed by atoms with Gasteiger partial charge in [-0.15, -0.1) is 12.6 Å². The molecular weight excluding hydrogens is 228 g/mol. The standard InChI is InChI=1S/C11H12O4S/c1-2-9(12)7-4-3-6(16)5-8(7)10(13)11(14)15/h3-5,10,13,16H,2H2,1H3,(H,14,15). The Morgan fingerprint density at radius 3 is 2.56 bits per heavy atom. The molecule has 0 aromatic heterocycles. The summed E-state index contributed by atoms with van der Waals surface area (Å²) in [6.07, 6.45) is -1.44. The minimum absolute atomic E-state index is 0.0897. The Bertz CT molecular complexity index is 428. The second-order valence-electron chi connectivity index (χ2n) is 3.29. The van der Waals surface area contributed by atoms with E-state index in [4.69, 9.17) is 5.11 Å².